The van der Waals surface area contributed by atoms with Gasteiger partial charge in [-0.25, -0.2) is 0 Å². The number of hydrogen-bond acceptors (Lipinski definition) is 3. The molecule has 1 heterocycles. The minimum absolute atomic E-state index is 0.379. The van der Waals surface area contributed by atoms with Gasteiger partial charge in [-0.05, 0) is 58.5 Å². The topological polar surface area (TPSA) is 15.7 Å². The molecule has 0 amide bonds. The summed E-state index contributed by atoms with van der Waals surface area (Å²) in [5, 5.41) is 0. The maximum Gasteiger partial charge on any atom is 0.119 e. The Bertz CT molecular complexity index is 392. The van der Waals surface area contributed by atoms with E-state index in [-0.39, 0.29) is 0 Å². The van der Waals surface area contributed by atoms with Gasteiger partial charge in [0, 0.05) is 25.7 Å². The van der Waals surface area contributed by atoms with Crippen LogP contribution in [0.5, 0.6) is 5.75 Å². The Kier molecular flexibility index (Phi) is 5.44. The first-order valence-corrected chi connectivity index (χ1v) is 7.69. The molecule has 20 heavy (non-hydrogen) atoms. The first-order chi connectivity index (χ1) is 9.54. The number of nitrogens with zero attached hydrogens (tertiary/aromatic N) is 2. The molecule has 1 aliphatic rings. The smallest absolute Gasteiger partial charge is 0.119 e. The standard InChI is InChI=1S/C17H28N2O/c1-14(2)19-11-9-17(10-12-19)20-16-7-5-15(6-8-16)13-18(3)4/h5-8,14,17H,9-13H2,1-4H3. The molecule has 0 bridgehead atoms. The van der Waals surface area contributed by atoms with E-state index in [1.54, 1.807) is 0 Å². The van der Waals surface area contributed by atoms with Crippen molar-refractivity contribution in [2.24, 2.45) is 0 Å². The number of piperidine rings is 1. The highest BCUT2D eigenvalue weighted by Gasteiger charge is 2.21. The third-order valence-electron chi connectivity index (χ3n) is 3.93. The van der Waals surface area contributed by atoms with E-state index in [2.05, 4.69) is 62.0 Å². The second-order valence-electron chi connectivity index (χ2n) is 6.33. The molecule has 1 aromatic rings. The lowest BCUT2D eigenvalue weighted by molar-refractivity contribution is 0.0843. The van der Waals surface area contributed by atoms with Gasteiger partial charge < -0.3 is 14.5 Å². The summed E-state index contributed by atoms with van der Waals surface area (Å²) in [7, 11) is 4.18. The molecular formula is C17H28N2O. The van der Waals surface area contributed by atoms with Gasteiger partial charge in [-0.3, -0.25) is 0 Å². The molecule has 1 aliphatic heterocycles. The first-order valence-electron chi connectivity index (χ1n) is 7.69. The van der Waals surface area contributed by atoms with Crippen molar-refractivity contribution in [1.82, 2.24) is 9.80 Å². The van der Waals surface area contributed by atoms with E-state index in [4.69, 9.17) is 4.74 Å². The van der Waals surface area contributed by atoms with E-state index in [0.29, 0.717) is 12.1 Å². The fourth-order valence-electron chi connectivity index (χ4n) is 2.74. The number of hydrogen-bond donors (Lipinski definition) is 0. The zero-order valence-corrected chi connectivity index (χ0v) is 13.3. The van der Waals surface area contributed by atoms with Gasteiger partial charge in [0.2, 0.25) is 0 Å². The maximum atomic E-state index is 6.10. The summed E-state index contributed by atoms with van der Waals surface area (Å²) in [4.78, 5) is 4.71. The Morgan fingerprint density at radius 3 is 2.25 bits per heavy atom. The van der Waals surface area contributed by atoms with Gasteiger partial charge in [0.25, 0.3) is 0 Å². The predicted molar refractivity (Wildman–Crippen MR) is 84.2 cm³/mol. The SMILES string of the molecule is CC(C)N1CCC(Oc2ccc(CN(C)C)cc2)CC1. The third-order valence-corrected chi connectivity index (χ3v) is 3.93. The molecule has 0 spiro atoms. The second kappa shape index (κ2) is 7.09. The molecule has 0 aromatic heterocycles. The summed E-state index contributed by atoms with van der Waals surface area (Å²) in [6, 6.07) is 9.19. The van der Waals surface area contributed by atoms with E-state index in [1.165, 1.54) is 5.56 Å². The quantitative estimate of drug-likeness (QED) is 0.822. The van der Waals surface area contributed by atoms with Crippen molar-refractivity contribution in [1.29, 1.82) is 0 Å². The Labute approximate surface area is 123 Å². The number of rotatable bonds is 5. The van der Waals surface area contributed by atoms with Crippen molar-refractivity contribution in [3.63, 3.8) is 0 Å². The molecular weight excluding hydrogens is 248 g/mol. The van der Waals surface area contributed by atoms with Crippen LogP contribution >= 0.6 is 0 Å². The van der Waals surface area contributed by atoms with Crippen LogP contribution in [-0.4, -0.2) is 49.1 Å². The lowest BCUT2D eigenvalue weighted by Gasteiger charge is -2.34. The predicted octanol–water partition coefficient (Wildman–Crippen LogP) is 3.00. The Hall–Kier alpha value is -1.06. The normalized spacial score (nSPS) is 17.9. The van der Waals surface area contributed by atoms with E-state index in [9.17, 15) is 0 Å². The van der Waals surface area contributed by atoms with Crippen molar-refractivity contribution in [3.8, 4) is 5.75 Å². The fourth-order valence-corrected chi connectivity index (χ4v) is 2.74. The van der Waals surface area contributed by atoms with E-state index in [0.717, 1.165) is 38.2 Å². The largest absolute Gasteiger partial charge is 0.490 e. The number of likely N-dealkylation sites (tertiary alicyclic amines) is 1. The molecule has 0 N–H and O–H groups in total. The molecule has 1 fully saturated rings. The zero-order chi connectivity index (χ0) is 14.5. The van der Waals surface area contributed by atoms with Crippen molar-refractivity contribution in [2.75, 3.05) is 27.2 Å². The summed E-state index contributed by atoms with van der Waals surface area (Å²) in [5.74, 6) is 1.01. The number of benzene rings is 1. The Balaban J connectivity index is 1.82. The molecule has 0 saturated carbocycles. The molecule has 3 nitrogen and oxygen atoms in total. The maximum absolute atomic E-state index is 6.10. The van der Waals surface area contributed by atoms with Crippen LogP contribution < -0.4 is 4.74 Å². The Morgan fingerprint density at radius 1 is 1.15 bits per heavy atom. The van der Waals surface area contributed by atoms with Gasteiger partial charge in [0.05, 0.1) is 0 Å². The summed E-state index contributed by atoms with van der Waals surface area (Å²) >= 11 is 0. The molecule has 3 heteroatoms. The molecule has 0 aliphatic carbocycles. The molecule has 0 atom stereocenters. The average Bonchev–Trinajstić information content (AvgIpc) is 2.41. The van der Waals surface area contributed by atoms with Crippen molar-refractivity contribution < 1.29 is 4.74 Å². The highest BCUT2D eigenvalue weighted by molar-refractivity contribution is 5.27. The highest BCUT2D eigenvalue weighted by atomic mass is 16.5. The van der Waals surface area contributed by atoms with Gasteiger partial charge in [-0.15, -0.1) is 0 Å². The van der Waals surface area contributed by atoms with Crippen LogP contribution in [0.25, 0.3) is 0 Å². The first kappa shape index (κ1) is 15.3. The van der Waals surface area contributed by atoms with Crippen molar-refractivity contribution in [2.45, 2.75) is 45.4 Å². The van der Waals surface area contributed by atoms with Crippen LogP contribution in [0.2, 0.25) is 0 Å². The summed E-state index contributed by atoms with van der Waals surface area (Å²) in [5.41, 5.74) is 1.33. The van der Waals surface area contributed by atoms with Crippen molar-refractivity contribution in [3.05, 3.63) is 29.8 Å². The molecule has 112 valence electrons. The summed E-state index contributed by atoms with van der Waals surface area (Å²) < 4.78 is 6.10. The molecule has 0 radical (unpaired) electrons. The summed E-state index contributed by atoms with van der Waals surface area (Å²) in [6.07, 6.45) is 2.65. The van der Waals surface area contributed by atoms with Crippen LogP contribution in [0.1, 0.15) is 32.3 Å². The average molecular weight is 276 g/mol. The highest BCUT2D eigenvalue weighted by Crippen LogP contribution is 2.20. The monoisotopic (exact) mass is 276 g/mol. The van der Waals surface area contributed by atoms with Crippen LogP contribution in [0, 0.1) is 0 Å². The van der Waals surface area contributed by atoms with Crippen LogP contribution in [0.15, 0.2) is 24.3 Å². The molecule has 1 aromatic carbocycles. The van der Waals surface area contributed by atoms with Gasteiger partial charge in [0.1, 0.15) is 11.9 Å². The minimum atomic E-state index is 0.379. The lowest BCUT2D eigenvalue weighted by Crippen LogP contribution is -2.41. The Morgan fingerprint density at radius 2 is 1.75 bits per heavy atom. The van der Waals surface area contributed by atoms with E-state index < -0.39 is 0 Å². The van der Waals surface area contributed by atoms with Crippen LogP contribution in [0.4, 0.5) is 0 Å². The van der Waals surface area contributed by atoms with E-state index >= 15 is 0 Å². The second-order valence-corrected chi connectivity index (χ2v) is 6.33. The molecule has 1 saturated heterocycles. The van der Waals surface area contributed by atoms with Crippen LogP contribution in [-0.2, 0) is 6.54 Å². The van der Waals surface area contributed by atoms with Gasteiger partial charge in [-0.1, -0.05) is 12.1 Å². The van der Waals surface area contributed by atoms with Crippen LogP contribution in [0.3, 0.4) is 0 Å². The lowest BCUT2D eigenvalue weighted by atomic mass is 10.1. The fraction of sp³-hybridized carbons (Fsp3) is 0.647. The van der Waals surface area contributed by atoms with Gasteiger partial charge in [-0.2, -0.15) is 0 Å². The van der Waals surface area contributed by atoms with Gasteiger partial charge >= 0.3 is 0 Å². The summed E-state index contributed by atoms with van der Waals surface area (Å²) in [6.45, 7) is 7.82. The number of ether oxygens (including phenoxy) is 1. The van der Waals surface area contributed by atoms with Gasteiger partial charge in [0.15, 0.2) is 0 Å². The van der Waals surface area contributed by atoms with E-state index in [1.807, 2.05) is 0 Å². The molecule has 2 rings (SSSR count). The molecule has 0 unspecified atom stereocenters. The van der Waals surface area contributed by atoms with Crippen molar-refractivity contribution >= 4 is 0 Å². The minimum Gasteiger partial charge on any atom is -0.490 e. The third kappa shape index (κ3) is 4.50. The zero-order valence-electron chi connectivity index (χ0n) is 13.3.